The summed E-state index contributed by atoms with van der Waals surface area (Å²) in [7, 11) is 1.72. The van der Waals surface area contributed by atoms with Crippen molar-refractivity contribution in [2.24, 2.45) is 5.73 Å². The van der Waals surface area contributed by atoms with Crippen LogP contribution in [0.25, 0.3) is 0 Å². The number of thioether (sulfide) groups is 1. The highest BCUT2D eigenvalue weighted by atomic mass is 32.2. The SMILES string of the molecule is COc1ccc(CN)cc1CSCc1ccccc1C. The highest BCUT2D eigenvalue weighted by molar-refractivity contribution is 7.97. The molecule has 2 aromatic carbocycles. The summed E-state index contributed by atoms with van der Waals surface area (Å²) in [5.41, 5.74) is 10.8. The molecular formula is C17H21NOS. The monoisotopic (exact) mass is 287 g/mol. The first-order valence-corrected chi connectivity index (χ1v) is 7.88. The van der Waals surface area contributed by atoms with E-state index in [1.54, 1.807) is 7.11 Å². The summed E-state index contributed by atoms with van der Waals surface area (Å²) in [5.74, 6) is 2.90. The normalized spacial score (nSPS) is 10.6. The molecule has 0 atom stereocenters. The second kappa shape index (κ2) is 7.36. The Morgan fingerprint density at radius 2 is 1.80 bits per heavy atom. The van der Waals surface area contributed by atoms with E-state index >= 15 is 0 Å². The van der Waals surface area contributed by atoms with Crippen LogP contribution in [0.4, 0.5) is 0 Å². The lowest BCUT2D eigenvalue weighted by molar-refractivity contribution is 0.411. The van der Waals surface area contributed by atoms with Gasteiger partial charge >= 0.3 is 0 Å². The zero-order valence-corrected chi connectivity index (χ0v) is 12.9. The van der Waals surface area contributed by atoms with Gasteiger partial charge in [0.15, 0.2) is 0 Å². The molecule has 0 saturated heterocycles. The Hall–Kier alpha value is -1.45. The van der Waals surface area contributed by atoms with Crippen LogP contribution in [0, 0.1) is 6.92 Å². The van der Waals surface area contributed by atoms with Crippen molar-refractivity contribution >= 4 is 11.8 Å². The van der Waals surface area contributed by atoms with Gasteiger partial charge in [-0.25, -0.2) is 0 Å². The van der Waals surface area contributed by atoms with Crippen molar-refractivity contribution in [3.05, 3.63) is 64.7 Å². The van der Waals surface area contributed by atoms with Crippen LogP contribution in [0.15, 0.2) is 42.5 Å². The highest BCUT2D eigenvalue weighted by Gasteiger charge is 2.05. The van der Waals surface area contributed by atoms with Gasteiger partial charge in [0.2, 0.25) is 0 Å². The van der Waals surface area contributed by atoms with E-state index in [1.807, 2.05) is 23.9 Å². The van der Waals surface area contributed by atoms with Crippen LogP contribution in [0.3, 0.4) is 0 Å². The van der Waals surface area contributed by atoms with Gasteiger partial charge in [-0.2, -0.15) is 11.8 Å². The molecule has 2 aromatic rings. The minimum Gasteiger partial charge on any atom is -0.496 e. The van der Waals surface area contributed by atoms with Crippen molar-refractivity contribution < 1.29 is 4.74 Å². The van der Waals surface area contributed by atoms with E-state index in [0.29, 0.717) is 6.54 Å². The summed E-state index contributed by atoms with van der Waals surface area (Å²) in [6, 6.07) is 14.7. The van der Waals surface area contributed by atoms with Crippen LogP contribution in [-0.4, -0.2) is 7.11 Å². The van der Waals surface area contributed by atoms with Crippen LogP contribution < -0.4 is 10.5 Å². The van der Waals surface area contributed by atoms with Crippen molar-refractivity contribution in [1.29, 1.82) is 0 Å². The van der Waals surface area contributed by atoms with Crippen molar-refractivity contribution in [1.82, 2.24) is 0 Å². The zero-order chi connectivity index (χ0) is 14.4. The maximum atomic E-state index is 5.70. The first kappa shape index (κ1) is 14.9. The molecule has 0 aliphatic heterocycles. The third-order valence-electron chi connectivity index (χ3n) is 3.36. The zero-order valence-electron chi connectivity index (χ0n) is 12.1. The summed E-state index contributed by atoms with van der Waals surface area (Å²) in [4.78, 5) is 0. The van der Waals surface area contributed by atoms with Gasteiger partial charge in [0.25, 0.3) is 0 Å². The number of methoxy groups -OCH3 is 1. The van der Waals surface area contributed by atoms with Crippen molar-refractivity contribution in [2.75, 3.05) is 7.11 Å². The molecule has 0 saturated carbocycles. The molecule has 0 aliphatic rings. The topological polar surface area (TPSA) is 35.2 Å². The number of benzene rings is 2. The smallest absolute Gasteiger partial charge is 0.122 e. The average Bonchev–Trinajstić information content (AvgIpc) is 2.49. The predicted octanol–water partition coefficient (Wildman–Crippen LogP) is 3.90. The standard InChI is InChI=1S/C17H21NOS/c1-13-5-3-4-6-15(13)11-20-12-16-9-14(10-18)7-8-17(16)19-2/h3-9H,10-12,18H2,1-2H3. The average molecular weight is 287 g/mol. The van der Waals surface area contributed by atoms with Crippen LogP contribution in [0.1, 0.15) is 22.3 Å². The molecule has 106 valence electrons. The largest absolute Gasteiger partial charge is 0.496 e. The van der Waals surface area contributed by atoms with Gasteiger partial charge in [-0.15, -0.1) is 0 Å². The number of hydrogen-bond acceptors (Lipinski definition) is 3. The second-order valence-corrected chi connectivity index (χ2v) is 5.76. The van der Waals surface area contributed by atoms with E-state index in [1.165, 1.54) is 16.7 Å². The molecule has 0 heterocycles. The van der Waals surface area contributed by atoms with E-state index in [9.17, 15) is 0 Å². The predicted molar refractivity (Wildman–Crippen MR) is 87.1 cm³/mol. The summed E-state index contributed by atoms with van der Waals surface area (Å²) in [5, 5.41) is 0. The van der Waals surface area contributed by atoms with Crippen molar-refractivity contribution in [3.63, 3.8) is 0 Å². The van der Waals surface area contributed by atoms with E-state index in [2.05, 4.69) is 37.3 Å². The quantitative estimate of drug-likeness (QED) is 0.875. The molecule has 0 radical (unpaired) electrons. The summed E-state index contributed by atoms with van der Waals surface area (Å²) in [6.45, 7) is 2.73. The molecule has 0 aliphatic carbocycles. The van der Waals surface area contributed by atoms with Gasteiger partial charge in [-0.3, -0.25) is 0 Å². The maximum absolute atomic E-state index is 5.70. The summed E-state index contributed by atoms with van der Waals surface area (Å²) in [6.07, 6.45) is 0. The molecule has 2 rings (SSSR count). The molecule has 0 spiro atoms. The van der Waals surface area contributed by atoms with Gasteiger partial charge < -0.3 is 10.5 Å². The van der Waals surface area contributed by atoms with E-state index < -0.39 is 0 Å². The van der Waals surface area contributed by atoms with E-state index in [0.717, 1.165) is 22.8 Å². The highest BCUT2D eigenvalue weighted by Crippen LogP contribution is 2.27. The molecule has 0 fully saturated rings. The number of hydrogen-bond donors (Lipinski definition) is 1. The molecule has 2 nitrogen and oxygen atoms in total. The molecular weight excluding hydrogens is 266 g/mol. The number of rotatable bonds is 6. The molecule has 2 N–H and O–H groups in total. The lowest BCUT2D eigenvalue weighted by atomic mass is 10.1. The summed E-state index contributed by atoms with van der Waals surface area (Å²) < 4.78 is 5.42. The fraction of sp³-hybridized carbons (Fsp3) is 0.294. The Morgan fingerprint density at radius 3 is 2.50 bits per heavy atom. The van der Waals surface area contributed by atoms with Crippen LogP contribution >= 0.6 is 11.8 Å². The number of ether oxygens (including phenoxy) is 1. The molecule has 3 heteroatoms. The Labute approximate surface area is 125 Å². The van der Waals surface area contributed by atoms with Gasteiger partial charge in [0, 0.05) is 23.6 Å². The number of aryl methyl sites for hydroxylation is 1. The van der Waals surface area contributed by atoms with Crippen LogP contribution in [0.2, 0.25) is 0 Å². The number of nitrogens with two attached hydrogens (primary N) is 1. The van der Waals surface area contributed by atoms with Gasteiger partial charge in [0.05, 0.1) is 7.11 Å². The Balaban J connectivity index is 2.02. The maximum Gasteiger partial charge on any atom is 0.122 e. The molecule has 0 aromatic heterocycles. The molecule has 20 heavy (non-hydrogen) atoms. The van der Waals surface area contributed by atoms with Gasteiger partial charge in [0.1, 0.15) is 5.75 Å². The second-order valence-electron chi connectivity index (χ2n) is 4.77. The Bertz CT molecular complexity index is 569. The van der Waals surface area contributed by atoms with Gasteiger partial charge in [-0.1, -0.05) is 30.3 Å². The van der Waals surface area contributed by atoms with Crippen LogP contribution in [0.5, 0.6) is 5.75 Å². The fourth-order valence-corrected chi connectivity index (χ4v) is 3.21. The molecule has 0 unspecified atom stereocenters. The van der Waals surface area contributed by atoms with Crippen molar-refractivity contribution in [2.45, 2.75) is 25.0 Å². The summed E-state index contributed by atoms with van der Waals surface area (Å²) >= 11 is 1.90. The van der Waals surface area contributed by atoms with Crippen LogP contribution in [-0.2, 0) is 18.1 Å². The Kier molecular flexibility index (Phi) is 5.50. The first-order chi connectivity index (χ1) is 9.74. The van der Waals surface area contributed by atoms with Gasteiger partial charge in [-0.05, 0) is 35.7 Å². The van der Waals surface area contributed by atoms with E-state index in [4.69, 9.17) is 10.5 Å². The molecule has 0 amide bonds. The lowest BCUT2D eigenvalue weighted by Crippen LogP contribution is -1.99. The minimum absolute atomic E-state index is 0.569. The third-order valence-corrected chi connectivity index (χ3v) is 4.39. The fourth-order valence-electron chi connectivity index (χ4n) is 2.11. The minimum atomic E-state index is 0.569. The van der Waals surface area contributed by atoms with E-state index in [-0.39, 0.29) is 0 Å². The third kappa shape index (κ3) is 3.78. The van der Waals surface area contributed by atoms with Crippen molar-refractivity contribution in [3.8, 4) is 5.75 Å². The first-order valence-electron chi connectivity index (χ1n) is 6.72. The lowest BCUT2D eigenvalue weighted by Gasteiger charge is -2.11. The Morgan fingerprint density at radius 1 is 1.05 bits per heavy atom. The molecule has 0 bridgehead atoms.